The Morgan fingerprint density at radius 3 is 2.22 bits per heavy atom. The molecule has 0 aliphatic rings. The molecule has 0 N–H and O–H groups in total. The van der Waals surface area contributed by atoms with Gasteiger partial charge in [-0.05, 0) is 26.0 Å². The maximum Gasteiger partial charge on any atom is 0.293 e. The highest BCUT2D eigenvalue weighted by molar-refractivity contribution is 7.90. The summed E-state index contributed by atoms with van der Waals surface area (Å²) in [5, 5.41) is 11.0. The number of sulfone groups is 1. The molecule has 1 aromatic carbocycles. The highest BCUT2D eigenvalue weighted by Crippen LogP contribution is 2.30. The van der Waals surface area contributed by atoms with Gasteiger partial charge in [-0.2, -0.15) is 0 Å². The summed E-state index contributed by atoms with van der Waals surface area (Å²) in [6.07, 6.45) is 1.03. The van der Waals surface area contributed by atoms with Gasteiger partial charge in [0.15, 0.2) is 9.84 Å². The van der Waals surface area contributed by atoms with Crippen LogP contribution in [0, 0.1) is 10.1 Å². The monoisotopic (exact) mass is 272 g/mol. The Labute approximate surface area is 106 Å². The minimum atomic E-state index is -3.44. The molecule has 100 valence electrons. The molecule has 1 rings (SSSR count). The van der Waals surface area contributed by atoms with Crippen LogP contribution in [0.3, 0.4) is 0 Å². The lowest BCUT2D eigenvalue weighted by Gasteiger charge is -2.20. The third-order valence-electron chi connectivity index (χ3n) is 2.68. The molecular formula is C11H16N2O4S. The SMILES string of the molecule is CCN(CC)c1ccc(S(C)(=O)=O)cc1[N+](=O)[O-]. The second-order valence-electron chi connectivity index (χ2n) is 3.85. The zero-order valence-corrected chi connectivity index (χ0v) is 11.4. The molecule has 0 amide bonds. The number of hydrogen-bond donors (Lipinski definition) is 0. The zero-order valence-electron chi connectivity index (χ0n) is 10.6. The van der Waals surface area contributed by atoms with Gasteiger partial charge in [0.2, 0.25) is 0 Å². The third kappa shape index (κ3) is 2.98. The van der Waals surface area contributed by atoms with Crippen molar-refractivity contribution in [2.24, 2.45) is 0 Å². The molecule has 0 radical (unpaired) electrons. The second kappa shape index (κ2) is 5.34. The summed E-state index contributed by atoms with van der Waals surface area (Å²) in [7, 11) is -3.44. The van der Waals surface area contributed by atoms with Crippen LogP contribution in [0.2, 0.25) is 0 Å². The molecule has 1 aromatic rings. The van der Waals surface area contributed by atoms with Crippen molar-refractivity contribution in [3.63, 3.8) is 0 Å². The number of rotatable bonds is 5. The molecule has 0 bridgehead atoms. The highest BCUT2D eigenvalue weighted by atomic mass is 32.2. The van der Waals surface area contributed by atoms with Crippen LogP contribution in [0.1, 0.15) is 13.8 Å². The predicted octanol–water partition coefficient (Wildman–Crippen LogP) is 1.84. The minimum Gasteiger partial charge on any atom is -0.367 e. The van der Waals surface area contributed by atoms with E-state index in [1.807, 2.05) is 18.7 Å². The maximum atomic E-state index is 11.4. The van der Waals surface area contributed by atoms with Gasteiger partial charge in [0.25, 0.3) is 5.69 Å². The van der Waals surface area contributed by atoms with Gasteiger partial charge < -0.3 is 4.90 Å². The summed E-state index contributed by atoms with van der Waals surface area (Å²) in [5.41, 5.74) is 0.263. The summed E-state index contributed by atoms with van der Waals surface area (Å²) in [6.45, 7) is 5.01. The molecule has 0 aromatic heterocycles. The molecule has 0 aliphatic carbocycles. The van der Waals surface area contributed by atoms with Crippen molar-refractivity contribution < 1.29 is 13.3 Å². The van der Waals surface area contributed by atoms with Crippen LogP contribution in [0.15, 0.2) is 23.1 Å². The number of hydrogen-bond acceptors (Lipinski definition) is 5. The molecule has 0 unspecified atom stereocenters. The molecule has 6 nitrogen and oxygen atoms in total. The average Bonchev–Trinajstić information content (AvgIpc) is 2.29. The first-order chi connectivity index (χ1) is 8.31. The Bertz CT molecular complexity index is 550. The number of nitro benzene ring substituents is 1. The van der Waals surface area contributed by atoms with Crippen molar-refractivity contribution >= 4 is 21.2 Å². The quantitative estimate of drug-likeness (QED) is 0.603. The summed E-state index contributed by atoms with van der Waals surface area (Å²) in [4.78, 5) is 12.2. The fourth-order valence-corrected chi connectivity index (χ4v) is 2.35. The van der Waals surface area contributed by atoms with Crippen molar-refractivity contribution in [1.82, 2.24) is 0 Å². The number of anilines is 1. The van der Waals surface area contributed by atoms with Crippen LogP contribution in [-0.4, -0.2) is 32.7 Å². The predicted molar refractivity (Wildman–Crippen MR) is 69.8 cm³/mol. The first kappa shape index (κ1) is 14.4. The number of benzene rings is 1. The van der Waals surface area contributed by atoms with Crippen molar-refractivity contribution in [1.29, 1.82) is 0 Å². The Kier molecular flexibility index (Phi) is 4.28. The van der Waals surface area contributed by atoms with E-state index < -0.39 is 14.8 Å². The van der Waals surface area contributed by atoms with E-state index in [2.05, 4.69) is 0 Å². The topological polar surface area (TPSA) is 80.5 Å². The fourth-order valence-electron chi connectivity index (χ4n) is 1.71. The standard InChI is InChI=1S/C11H16N2O4S/c1-4-12(5-2)10-7-6-9(18(3,16)17)8-11(10)13(14)15/h6-8H,4-5H2,1-3H3. The van der Waals surface area contributed by atoms with Crippen molar-refractivity contribution in [3.8, 4) is 0 Å². The van der Waals surface area contributed by atoms with Crippen LogP contribution in [0.4, 0.5) is 11.4 Å². The normalized spacial score (nSPS) is 11.3. The van der Waals surface area contributed by atoms with Gasteiger partial charge >= 0.3 is 0 Å². The van der Waals surface area contributed by atoms with E-state index in [-0.39, 0.29) is 10.6 Å². The summed E-state index contributed by atoms with van der Waals surface area (Å²) in [5.74, 6) is 0. The summed E-state index contributed by atoms with van der Waals surface area (Å²) >= 11 is 0. The van der Waals surface area contributed by atoms with Gasteiger partial charge in [0.1, 0.15) is 5.69 Å². The molecule has 0 saturated carbocycles. The van der Waals surface area contributed by atoms with Crippen LogP contribution in [0.25, 0.3) is 0 Å². The van der Waals surface area contributed by atoms with E-state index in [0.717, 1.165) is 12.3 Å². The van der Waals surface area contributed by atoms with Crippen LogP contribution in [-0.2, 0) is 9.84 Å². The molecule has 18 heavy (non-hydrogen) atoms. The maximum absolute atomic E-state index is 11.4. The van der Waals surface area contributed by atoms with Gasteiger partial charge in [0.05, 0.1) is 9.82 Å². The Hall–Kier alpha value is -1.63. The van der Waals surface area contributed by atoms with E-state index in [1.54, 1.807) is 0 Å². The summed E-state index contributed by atoms with van der Waals surface area (Å²) < 4.78 is 22.8. The van der Waals surface area contributed by atoms with E-state index >= 15 is 0 Å². The molecule has 7 heteroatoms. The fraction of sp³-hybridized carbons (Fsp3) is 0.455. The van der Waals surface area contributed by atoms with Crippen LogP contribution < -0.4 is 4.90 Å². The molecule has 0 saturated heterocycles. The van der Waals surface area contributed by atoms with E-state index in [0.29, 0.717) is 18.8 Å². The summed E-state index contributed by atoms with van der Waals surface area (Å²) in [6, 6.07) is 4.00. The van der Waals surface area contributed by atoms with Gasteiger partial charge in [0, 0.05) is 25.4 Å². The molecule has 0 fully saturated rings. The van der Waals surface area contributed by atoms with Gasteiger partial charge in [-0.1, -0.05) is 0 Å². The third-order valence-corrected chi connectivity index (χ3v) is 3.79. The Balaban J connectivity index is 3.43. The van der Waals surface area contributed by atoms with Gasteiger partial charge in [-0.3, -0.25) is 10.1 Å². The Morgan fingerprint density at radius 2 is 1.83 bits per heavy atom. The van der Waals surface area contributed by atoms with Gasteiger partial charge in [-0.15, -0.1) is 0 Å². The van der Waals surface area contributed by atoms with E-state index in [4.69, 9.17) is 0 Å². The highest BCUT2D eigenvalue weighted by Gasteiger charge is 2.21. The van der Waals surface area contributed by atoms with E-state index in [9.17, 15) is 18.5 Å². The molecule has 0 heterocycles. The first-order valence-corrected chi connectivity index (χ1v) is 7.43. The lowest BCUT2D eigenvalue weighted by atomic mass is 10.2. The van der Waals surface area contributed by atoms with Crippen LogP contribution >= 0.6 is 0 Å². The molecule has 0 spiro atoms. The first-order valence-electron chi connectivity index (χ1n) is 5.54. The van der Waals surface area contributed by atoms with E-state index in [1.165, 1.54) is 12.1 Å². The molecule has 0 atom stereocenters. The van der Waals surface area contributed by atoms with Crippen molar-refractivity contribution in [2.45, 2.75) is 18.7 Å². The molecular weight excluding hydrogens is 256 g/mol. The minimum absolute atomic E-state index is 0.0369. The smallest absolute Gasteiger partial charge is 0.293 e. The Morgan fingerprint density at radius 1 is 1.28 bits per heavy atom. The lowest BCUT2D eigenvalue weighted by Crippen LogP contribution is -2.22. The number of nitro groups is 1. The van der Waals surface area contributed by atoms with Crippen molar-refractivity contribution in [2.75, 3.05) is 24.2 Å². The largest absolute Gasteiger partial charge is 0.367 e. The van der Waals surface area contributed by atoms with Crippen LogP contribution in [0.5, 0.6) is 0 Å². The lowest BCUT2D eigenvalue weighted by molar-refractivity contribution is -0.384. The van der Waals surface area contributed by atoms with Gasteiger partial charge in [-0.25, -0.2) is 8.42 Å². The second-order valence-corrected chi connectivity index (χ2v) is 5.87. The van der Waals surface area contributed by atoms with Crippen molar-refractivity contribution in [3.05, 3.63) is 28.3 Å². The number of nitrogens with zero attached hydrogens (tertiary/aromatic N) is 2. The molecule has 0 aliphatic heterocycles. The average molecular weight is 272 g/mol. The zero-order chi connectivity index (χ0) is 13.9.